The van der Waals surface area contributed by atoms with Crippen LogP contribution in [0.1, 0.15) is 30.3 Å². The van der Waals surface area contributed by atoms with Gasteiger partial charge < -0.3 is 14.7 Å². The van der Waals surface area contributed by atoms with Gasteiger partial charge in [0.15, 0.2) is 0 Å². The second-order valence-corrected chi connectivity index (χ2v) is 3.92. The van der Waals surface area contributed by atoms with Crippen molar-refractivity contribution < 1.29 is 4.42 Å². The van der Waals surface area contributed by atoms with E-state index in [1.165, 1.54) is 0 Å². The molecule has 2 aromatic rings. The van der Waals surface area contributed by atoms with Gasteiger partial charge in [-0.2, -0.15) is 0 Å². The molecule has 0 bridgehead atoms. The normalized spacial score (nSPS) is 12.9. The van der Waals surface area contributed by atoms with Crippen LogP contribution in [-0.4, -0.2) is 9.55 Å². The molecule has 0 aliphatic heterocycles. The molecule has 0 aromatic carbocycles. The van der Waals surface area contributed by atoms with Crippen molar-refractivity contribution in [3.8, 4) is 0 Å². The zero-order valence-electron chi connectivity index (χ0n) is 9.68. The van der Waals surface area contributed by atoms with Crippen molar-refractivity contribution in [1.29, 1.82) is 0 Å². The summed E-state index contributed by atoms with van der Waals surface area (Å²) in [5.41, 5.74) is 6.08. The summed E-state index contributed by atoms with van der Waals surface area (Å²) in [5, 5.41) is 0. The Morgan fingerprint density at radius 1 is 1.50 bits per heavy atom. The zero-order chi connectivity index (χ0) is 11.5. The van der Waals surface area contributed by atoms with Crippen LogP contribution in [0.2, 0.25) is 0 Å². The molecule has 1 atom stereocenters. The first-order valence-electron chi connectivity index (χ1n) is 5.51. The van der Waals surface area contributed by atoms with Gasteiger partial charge in [-0.25, -0.2) is 4.98 Å². The van der Waals surface area contributed by atoms with E-state index in [1.54, 1.807) is 6.20 Å². The van der Waals surface area contributed by atoms with Crippen LogP contribution in [0.15, 0.2) is 28.9 Å². The van der Waals surface area contributed by atoms with Gasteiger partial charge in [-0.15, -0.1) is 0 Å². The number of imidazole rings is 1. The van der Waals surface area contributed by atoms with Crippen LogP contribution in [-0.2, 0) is 19.9 Å². The van der Waals surface area contributed by atoms with Crippen LogP contribution in [0.5, 0.6) is 0 Å². The number of furan rings is 1. The van der Waals surface area contributed by atoms with E-state index in [0.29, 0.717) is 6.42 Å². The molecule has 0 saturated heterocycles. The highest BCUT2D eigenvalue weighted by Gasteiger charge is 2.13. The lowest BCUT2D eigenvalue weighted by Crippen LogP contribution is -2.15. The number of rotatable bonds is 4. The molecule has 0 aliphatic carbocycles. The van der Waals surface area contributed by atoms with Gasteiger partial charge in [0.2, 0.25) is 0 Å². The number of aryl methyl sites for hydroxylation is 2. The summed E-state index contributed by atoms with van der Waals surface area (Å²) in [6.45, 7) is 2.06. The molecule has 0 amide bonds. The molecular weight excluding hydrogens is 202 g/mol. The van der Waals surface area contributed by atoms with Crippen molar-refractivity contribution in [3.05, 3.63) is 41.9 Å². The van der Waals surface area contributed by atoms with Crippen molar-refractivity contribution in [3.63, 3.8) is 0 Å². The molecule has 4 heteroatoms. The Kier molecular flexibility index (Phi) is 3.10. The summed E-state index contributed by atoms with van der Waals surface area (Å²) in [6, 6.07) is 3.81. The van der Waals surface area contributed by atoms with Crippen LogP contribution in [0.4, 0.5) is 0 Å². The third kappa shape index (κ3) is 2.17. The molecule has 86 valence electrons. The maximum atomic E-state index is 6.08. The quantitative estimate of drug-likeness (QED) is 0.853. The fraction of sp³-hybridized carbons (Fsp3) is 0.417. The van der Waals surface area contributed by atoms with Gasteiger partial charge in [-0.1, -0.05) is 6.92 Å². The maximum absolute atomic E-state index is 6.08. The molecule has 2 rings (SSSR count). The Hall–Kier alpha value is -1.55. The first-order valence-corrected chi connectivity index (χ1v) is 5.51. The van der Waals surface area contributed by atoms with Crippen LogP contribution < -0.4 is 5.73 Å². The van der Waals surface area contributed by atoms with Crippen molar-refractivity contribution in [1.82, 2.24) is 9.55 Å². The second-order valence-electron chi connectivity index (χ2n) is 3.92. The Labute approximate surface area is 95.1 Å². The molecule has 0 fully saturated rings. The van der Waals surface area contributed by atoms with Crippen LogP contribution in [0, 0.1) is 0 Å². The first-order chi connectivity index (χ1) is 7.70. The Morgan fingerprint density at radius 2 is 2.31 bits per heavy atom. The van der Waals surface area contributed by atoms with Crippen LogP contribution in [0.25, 0.3) is 0 Å². The van der Waals surface area contributed by atoms with Gasteiger partial charge in [-0.3, -0.25) is 0 Å². The topological polar surface area (TPSA) is 57.0 Å². The summed E-state index contributed by atoms with van der Waals surface area (Å²) >= 11 is 0. The fourth-order valence-corrected chi connectivity index (χ4v) is 1.67. The largest absolute Gasteiger partial charge is 0.464 e. The fourth-order valence-electron chi connectivity index (χ4n) is 1.67. The molecule has 16 heavy (non-hydrogen) atoms. The summed E-state index contributed by atoms with van der Waals surface area (Å²) in [7, 11) is 1.97. The van der Waals surface area contributed by atoms with Gasteiger partial charge in [0.25, 0.3) is 0 Å². The number of nitrogens with zero attached hydrogens (tertiary/aromatic N) is 2. The summed E-state index contributed by atoms with van der Waals surface area (Å²) < 4.78 is 7.60. The summed E-state index contributed by atoms with van der Waals surface area (Å²) in [4.78, 5) is 4.25. The standard InChI is InChI=1S/C12H17N3O/c1-3-9-4-5-11(16-9)10(13)8-12-14-6-7-15(12)2/h4-7,10H,3,8,13H2,1-2H3. The van der Waals surface area contributed by atoms with Crippen LogP contribution >= 0.6 is 0 Å². The molecule has 0 spiro atoms. The highest BCUT2D eigenvalue weighted by atomic mass is 16.3. The van der Waals surface area contributed by atoms with Gasteiger partial charge in [0, 0.05) is 32.3 Å². The highest BCUT2D eigenvalue weighted by Crippen LogP contribution is 2.18. The monoisotopic (exact) mass is 219 g/mol. The SMILES string of the molecule is CCc1ccc(C(N)Cc2nccn2C)o1. The van der Waals surface area contributed by atoms with Crippen molar-refractivity contribution in [2.24, 2.45) is 12.8 Å². The number of hydrogen-bond donors (Lipinski definition) is 1. The molecule has 0 radical (unpaired) electrons. The number of hydrogen-bond acceptors (Lipinski definition) is 3. The van der Waals surface area contributed by atoms with E-state index in [-0.39, 0.29) is 6.04 Å². The van der Waals surface area contributed by atoms with Gasteiger partial charge in [-0.05, 0) is 12.1 Å². The lowest BCUT2D eigenvalue weighted by atomic mass is 10.1. The minimum atomic E-state index is -0.124. The van der Waals surface area contributed by atoms with E-state index < -0.39 is 0 Å². The molecule has 4 nitrogen and oxygen atoms in total. The summed E-state index contributed by atoms with van der Waals surface area (Å²) in [5.74, 6) is 2.78. The van der Waals surface area contributed by atoms with E-state index in [9.17, 15) is 0 Å². The van der Waals surface area contributed by atoms with Gasteiger partial charge >= 0.3 is 0 Å². The molecule has 0 saturated carbocycles. The third-order valence-electron chi connectivity index (χ3n) is 2.72. The predicted molar refractivity (Wildman–Crippen MR) is 61.9 cm³/mol. The lowest BCUT2D eigenvalue weighted by Gasteiger charge is -2.08. The van der Waals surface area contributed by atoms with Crippen molar-refractivity contribution >= 4 is 0 Å². The third-order valence-corrected chi connectivity index (χ3v) is 2.72. The Bertz CT molecular complexity index is 458. The summed E-state index contributed by atoms with van der Waals surface area (Å²) in [6.07, 6.45) is 5.29. The first kappa shape index (κ1) is 11.0. The zero-order valence-corrected chi connectivity index (χ0v) is 9.68. The molecule has 2 N–H and O–H groups in total. The molecule has 1 unspecified atom stereocenters. The number of nitrogens with two attached hydrogens (primary N) is 1. The van der Waals surface area contributed by atoms with E-state index in [4.69, 9.17) is 10.2 Å². The lowest BCUT2D eigenvalue weighted by molar-refractivity contribution is 0.430. The molecule has 0 aliphatic rings. The van der Waals surface area contributed by atoms with Crippen LogP contribution in [0.3, 0.4) is 0 Å². The predicted octanol–water partition coefficient (Wildman–Crippen LogP) is 1.82. The molecule has 2 aromatic heterocycles. The Morgan fingerprint density at radius 3 is 2.88 bits per heavy atom. The van der Waals surface area contributed by atoms with E-state index in [2.05, 4.69) is 11.9 Å². The maximum Gasteiger partial charge on any atom is 0.121 e. The smallest absolute Gasteiger partial charge is 0.121 e. The minimum absolute atomic E-state index is 0.124. The van der Waals surface area contributed by atoms with Crippen molar-refractivity contribution in [2.75, 3.05) is 0 Å². The average molecular weight is 219 g/mol. The van der Waals surface area contributed by atoms with Gasteiger partial charge in [0.1, 0.15) is 17.3 Å². The van der Waals surface area contributed by atoms with E-state index >= 15 is 0 Å². The molecule has 2 heterocycles. The second kappa shape index (κ2) is 4.53. The highest BCUT2D eigenvalue weighted by molar-refractivity contribution is 5.12. The minimum Gasteiger partial charge on any atom is -0.464 e. The number of aromatic nitrogens is 2. The Balaban J connectivity index is 2.08. The average Bonchev–Trinajstić information content (AvgIpc) is 2.88. The van der Waals surface area contributed by atoms with Crippen molar-refractivity contribution in [2.45, 2.75) is 25.8 Å². The molecular formula is C12H17N3O. The van der Waals surface area contributed by atoms with E-state index in [0.717, 1.165) is 23.8 Å². The van der Waals surface area contributed by atoms with Gasteiger partial charge in [0.05, 0.1) is 6.04 Å². The van der Waals surface area contributed by atoms with E-state index in [1.807, 2.05) is 29.9 Å².